The van der Waals surface area contributed by atoms with Crippen LogP contribution in [0.5, 0.6) is 5.75 Å². The Morgan fingerprint density at radius 2 is 2.19 bits per heavy atom. The van der Waals surface area contributed by atoms with Gasteiger partial charge in [0.2, 0.25) is 10.9 Å². The van der Waals surface area contributed by atoms with Crippen LogP contribution < -0.4 is 10.1 Å². The number of ether oxygens (including phenoxy) is 1. The first-order valence-corrected chi connectivity index (χ1v) is 7.95. The molecule has 0 unspecified atom stereocenters. The van der Waals surface area contributed by atoms with Crippen molar-refractivity contribution in [1.29, 1.82) is 0 Å². The lowest BCUT2D eigenvalue weighted by atomic mass is 10.3. The lowest BCUT2D eigenvalue weighted by Gasteiger charge is -1.96. The Kier molecular flexibility index (Phi) is 2.79. The van der Waals surface area contributed by atoms with Crippen LogP contribution in [-0.2, 0) is 0 Å². The zero-order valence-electron chi connectivity index (χ0n) is 11.3. The number of methoxy groups -OCH3 is 1. The van der Waals surface area contributed by atoms with Crippen LogP contribution in [0.4, 0.5) is 11.1 Å². The molecule has 0 saturated carbocycles. The Morgan fingerprint density at radius 1 is 1.29 bits per heavy atom. The van der Waals surface area contributed by atoms with Crippen LogP contribution in [0.2, 0.25) is 0 Å². The summed E-state index contributed by atoms with van der Waals surface area (Å²) < 4.78 is 8.11. The first kappa shape index (κ1) is 12.5. The fourth-order valence-electron chi connectivity index (χ4n) is 2.03. The van der Waals surface area contributed by atoms with Crippen LogP contribution in [-0.4, -0.2) is 26.7 Å². The molecule has 8 heteroatoms. The van der Waals surface area contributed by atoms with E-state index < -0.39 is 0 Å². The Hall–Kier alpha value is -2.19. The minimum absolute atomic E-state index is 0.566. The van der Waals surface area contributed by atoms with Gasteiger partial charge in [-0.3, -0.25) is 5.32 Å². The van der Waals surface area contributed by atoms with Crippen LogP contribution >= 0.6 is 22.7 Å². The third-order valence-electron chi connectivity index (χ3n) is 3.06. The fraction of sp³-hybridized carbons (Fsp3) is 0.154. The minimum atomic E-state index is 0.566. The van der Waals surface area contributed by atoms with Gasteiger partial charge in [0, 0.05) is 5.38 Å². The second-order valence-corrected chi connectivity index (χ2v) is 6.35. The minimum Gasteiger partial charge on any atom is -0.497 e. The number of fused-ring (bicyclic) bond motifs is 2. The van der Waals surface area contributed by atoms with Crippen molar-refractivity contribution < 1.29 is 4.74 Å². The van der Waals surface area contributed by atoms with E-state index in [1.54, 1.807) is 29.8 Å². The summed E-state index contributed by atoms with van der Waals surface area (Å²) >= 11 is 3.12. The molecular weight excluding hydrogens is 306 g/mol. The summed E-state index contributed by atoms with van der Waals surface area (Å²) in [6, 6.07) is 5.82. The molecule has 0 fully saturated rings. The molecule has 0 aliphatic rings. The quantitative estimate of drug-likeness (QED) is 0.627. The highest BCUT2D eigenvalue weighted by molar-refractivity contribution is 7.22. The summed E-state index contributed by atoms with van der Waals surface area (Å²) in [5.74, 6) is 1.39. The molecule has 1 aromatic carbocycles. The molecule has 3 aromatic heterocycles. The second kappa shape index (κ2) is 4.68. The van der Waals surface area contributed by atoms with Gasteiger partial charge in [0.15, 0.2) is 5.13 Å². The van der Waals surface area contributed by atoms with Crippen molar-refractivity contribution in [3.05, 3.63) is 29.3 Å². The average molecular weight is 317 g/mol. The molecule has 4 rings (SSSR count). The van der Waals surface area contributed by atoms with Gasteiger partial charge < -0.3 is 4.74 Å². The van der Waals surface area contributed by atoms with Gasteiger partial charge >= 0.3 is 0 Å². The summed E-state index contributed by atoms with van der Waals surface area (Å²) in [7, 11) is 1.66. The number of aromatic nitrogens is 4. The van der Waals surface area contributed by atoms with Crippen molar-refractivity contribution in [1.82, 2.24) is 19.6 Å². The summed E-state index contributed by atoms with van der Waals surface area (Å²) in [6.45, 7) is 2.01. The molecule has 0 saturated heterocycles. The second-order valence-electron chi connectivity index (χ2n) is 4.48. The standard InChI is InChI=1S/C13H11N5OS2/c1-7-6-20-13-16-11(17-18(7)13)15-12-14-9-4-3-8(19-2)5-10(9)21-12/h3-6H,1-2H3,(H,14,15,17). The van der Waals surface area contributed by atoms with Gasteiger partial charge in [-0.2, -0.15) is 4.98 Å². The zero-order chi connectivity index (χ0) is 14.4. The highest BCUT2D eigenvalue weighted by Crippen LogP contribution is 2.30. The number of benzene rings is 1. The van der Waals surface area contributed by atoms with Crippen LogP contribution in [0, 0.1) is 6.92 Å². The first-order chi connectivity index (χ1) is 10.2. The molecule has 0 atom stereocenters. The number of anilines is 2. The molecule has 0 aliphatic heterocycles. The van der Waals surface area contributed by atoms with E-state index >= 15 is 0 Å². The number of rotatable bonds is 3. The van der Waals surface area contributed by atoms with E-state index in [-0.39, 0.29) is 0 Å². The van der Waals surface area contributed by atoms with Crippen molar-refractivity contribution in [2.24, 2.45) is 0 Å². The van der Waals surface area contributed by atoms with Crippen molar-refractivity contribution >= 4 is 48.9 Å². The zero-order valence-corrected chi connectivity index (χ0v) is 13.0. The normalized spacial score (nSPS) is 11.3. The lowest BCUT2D eigenvalue weighted by molar-refractivity contribution is 0.415. The number of thiazole rings is 2. The van der Waals surface area contributed by atoms with Crippen LogP contribution in [0.1, 0.15) is 5.69 Å². The predicted octanol–water partition coefficient (Wildman–Crippen LogP) is 3.46. The molecular formula is C13H11N5OS2. The smallest absolute Gasteiger partial charge is 0.250 e. The van der Waals surface area contributed by atoms with Crippen molar-refractivity contribution in [2.75, 3.05) is 12.4 Å². The first-order valence-electron chi connectivity index (χ1n) is 6.25. The highest BCUT2D eigenvalue weighted by Gasteiger charge is 2.10. The highest BCUT2D eigenvalue weighted by atomic mass is 32.1. The van der Waals surface area contributed by atoms with E-state index in [4.69, 9.17) is 4.74 Å². The maximum absolute atomic E-state index is 5.22. The summed E-state index contributed by atoms with van der Waals surface area (Å²) in [4.78, 5) is 9.83. The third-order valence-corrected chi connectivity index (χ3v) is 4.93. The van der Waals surface area contributed by atoms with E-state index in [0.717, 1.165) is 31.8 Å². The van der Waals surface area contributed by atoms with Gasteiger partial charge in [-0.05, 0) is 25.1 Å². The maximum Gasteiger partial charge on any atom is 0.250 e. The topological polar surface area (TPSA) is 64.3 Å². The molecule has 106 valence electrons. The molecule has 0 aliphatic carbocycles. The number of nitrogens with zero attached hydrogens (tertiary/aromatic N) is 4. The SMILES string of the molecule is COc1ccc2nc(Nc3nc4scc(C)n4n3)sc2c1. The Balaban J connectivity index is 1.69. The van der Waals surface area contributed by atoms with Crippen molar-refractivity contribution in [2.45, 2.75) is 6.92 Å². The molecule has 0 amide bonds. The van der Waals surface area contributed by atoms with Crippen LogP contribution in [0.25, 0.3) is 15.2 Å². The van der Waals surface area contributed by atoms with Gasteiger partial charge in [0.1, 0.15) is 5.75 Å². The molecule has 21 heavy (non-hydrogen) atoms. The van der Waals surface area contributed by atoms with Gasteiger partial charge in [-0.1, -0.05) is 11.3 Å². The van der Waals surface area contributed by atoms with Gasteiger partial charge in [0.25, 0.3) is 0 Å². The predicted molar refractivity (Wildman–Crippen MR) is 85.1 cm³/mol. The number of aryl methyl sites for hydroxylation is 1. The molecule has 0 spiro atoms. The molecule has 1 N–H and O–H groups in total. The monoisotopic (exact) mass is 317 g/mol. The third kappa shape index (κ3) is 2.12. The number of hydrogen-bond acceptors (Lipinski definition) is 7. The van der Waals surface area contributed by atoms with Crippen molar-refractivity contribution in [3.8, 4) is 5.75 Å². The summed E-state index contributed by atoms with van der Waals surface area (Å²) in [5.41, 5.74) is 2.00. The van der Waals surface area contributed by atoms with E-state index in [1.807, 2.05) is 35.0 Å². The number of nitrogens with one attached hydrogen (secondary N) is 1. The van der Waals surface area contributed by atoms with E-state index in [0.29, 0.717) is 5.95 Å². The van der Waals surface area contributed by atoms with E-state index in [1.165, 1.54) is 0 Å². The van der Waals surface area contributed by atoms with Crippen molar-refractivity contribution in [3.63, 3.8) is 0 Å². The van der Waals surface area contributed by atoms with Crippen LogP contribution in [0.3, 0.4) is 0 Å². The molecule has 0 radical (unpaired) electrons. The van der Waals surface area contributed by atoms with Gasteiger partial charge in [-0.15, -0.1) is 16.4 Å². The van der Waals surface area contributed by atoms with E-state index in [2.05, 4.69) is 20.4 Å². The lowest BCUT2D eigenvalue weighted by Crippen LogP contribution is -1.93. The van der Waals surface area contributed by atoms with Crippen LogP contribution in [0.15, 0.2) is 23.6 Å². The van der Waals surface area contributed by atoms with Gasteiger partial charge in [-0.25, -0.2) is 9.50 Å². The largest absolute Gasteiger partial charge is 0.497 e. The Labute approximate surface area is 128 Å². The fourth-order valence-corrected chi connectivity index (χ4v) is 3.71. The average Bonchev–Trinajstić information content (AvgIpc) is 3.14. The summed E-state index contributed by atoms with van der Waals surface area (Å²) in [5, 5.41) is 10.4. The summed E-state index contributed by atoms with van der Waals surface area (Å²) in [6.07, 6.45) is 0. The maximum atomic E-state index is 5.22. The number of hydrogen-bond donors (Lipinski definition) is 1. The Bertz CT molecular complexity index is 939. The molecule has 3 heterocycles. The molecule has 0 bridgehead atoms. The Morgan fingerprint density at radius 3 is 3.00 bits per heavy atom. The molecule has 6 nitrogen and oxygen atoms in total. The van der Waals surface area contributed by atoms with Gasteiger partial charge in [0.05, 0.1) is 23.0 Å². The molecule has 4 aromatic rings. The van der Waals surface area contributed by atoms with E-state index in [9.17, 15) is 0 Å².